The molecule has 2 aliphatic rings. The molecule has 0 radical (unpaired) electrons. The Kier molecular flexibility index (Phi) is 5.05. The second kappa shape index (κ2) is 6.36. The van der Waals surface area contributed by atoms with Gasteiger partial charge < -0.3 is 10.5 Å². The molecule has 0 spiro atoms. The van der Waals surface area contributed by atoms with Crippen molar-refractivity contribution in [2.75, 3.05) is 13.6 Å². The van der Waals surface area contributed by atoms with Crippen molar-refractivity contribution in [1.82, 2.24) is 4.90 Å². The molecule has 1 aliphatic heterocycles. The number of nitrogens with zero attached hydrogens (tertiary/aromatic N) is 1. The second-order valence-electron chi connectivity index (χ2n) is 6.40. The van der Waals surface area contributed by atoms with Gasteiger partial charge in [0, 0.05) is 12.1 Å². The van der Waals surface area contributed by atoms with E-state index >= 15 is 0 Å². The maximum atomic E-state index is 5.96. The van der Waals surface area contributed by atoms with Gasteiger partial charge in [0.05, 0.1) is 12.2 Å². The van der Waals surface area contributed by atoms with Crippen LogP contribution in [0.3, 0.4) is 0 Å². The maximum absolute atomic E-state index is 5.96. The first kappa shape index (κ1) is 14.3. The Labute approximate surface area is 112 Å². The van der Waals surface area contributed by atoms with Crippen LogP contribution in [0.5, 0.6) is 0 Å². The Balaban J connectivity index is 1.98. The van der Waals surface area contributed by atoms with Crippen LogP contribution >= 0.6 is 0 Å². The molecular weight excluding hydrogens is 224 g/mol. The highest BCUT2D eigenvalue weighted by atomic mass is 16.5. The minimum atomic E-state index is 0.404. The Bertz CT molecular complexity index is 249. The molecule has 0 aromatic heterocycles. The van der Waals surface area contributed by atoms with E-state index in [1.165, 1.54) is 38.5 Å². The molecule has 2 N–H and O–H groups in total. The Morgan fingerprint density at radius 2 is 1.72 bits per heavy atom. The van der Waals surface area contributed by atoms with E-state index in [1.54, 1.807) is 0 Å². The number of hydrogen-bond donors (Lipinski definition) is 1. The lowest BCUT2D eigenvalue weighted by molar-refractivity contribution is -0.0733. The molecule has 0 aromatic rings. The minimum absolute atomic E-state index is 0.404. The number of nitrogens with two attached hydrogens (primary N) is 1. The zero-order valence-electron chi connectivity index (χ0n) is 12.3. The molecule has 1 aliphatic carbocycles. The highest BCUT2D eigenvalue weighted by Gasteiger charge is 2.34. The van der Waals surface area contributed by atoms with Crippen molar-refractivity contribution in [3.05, 3.63) is 0 Å². The van der Waals surface area contributed by atoms with Crippen LogP contribution in [0.4, 0.5) is 0 Å². The third-order valence-electron chi connectivity index (χ3n) is 4.94. The maximum Gasteiger partial charge on any atom is 0.0565 e. The van der Waals surface area contributed by atoms with E-state index in [2.05, 4.69) is 25.8 Å². The molecule has 106 valence electrons. The fourth-order valence-corrected chi connectivity index (χ4v) is 3.97. The van der Waals surface area contributed by atoms with Gasteiger partial charge in [0.15, 0.2) is 0 Å². The Morgan fingerprint density at radius 3 is 2.33 bits per heavy atom. The van der Waals surface area contributed by atoms with Crippen LogP contribution in [0.1, 0.15) is 52.4 Å². The summed E-state index contributed by atoms with van der Waals surface area (Å²) in [6.07, 6.45) is 8.55. The largest absolute Gasteiger partial charge is 0.375 e. The molecule has 3 nitrogen and oxygen atoms in total. The van der Waals surface area contributed by atoms with Crippen LogP contribution in [0.25, 0.3) is 0 Å². The molecular formula is C15H30N2O. The van der Waals surface area contributed by atoms with E-state index in [1.807, 2.05) is 0 Å². The zero-order chi connectivity index (χ0) is 13.1. The van der Waals surface area contributed by atoms with Crippen molar-refractivity contribution >= 4 is 0 Å². The van der Waals surface area contributed by atoms with Crippen LogP contribution in [0.2, 0.25) is 0 Å². The molecule has 1 saturated carbocycles. The monoisotopic (exact) mass is 254 g/mol. The fourth-order valence-electron chi connectivity index (χ4n) is 3.97. The summed E-state index contributed by atoms with van der Waals surface area (Å²) in [5, 5.41) is 0. The summed E-state index contributed by atoms with van der Waals surface area (Å²) in [6, 6.07) is 1.38. The first-order valence-electron chi connectivity index (χ1n) is 7.69. The van der Waals surface area contributed by atoms with Crippen LogP contribution < -0.4 is 5.73 Å². The molecule has 0 bridgehead atoms. The van der Waals surface area contributed by atoms with E-state index in [4.69, 9.17) is 10.5 Å². The second-order valence-corrected chi connectivity index (χ2v) is 6.40. The van der Waals surface area contributed by atoms with E-state index in [-0.39, 0.29) is 0 Å². The summed E-state index contributed by atoms with van der Waals surface area (Å²) in [5.74, 6) is 0.706. The van der Waals surface area contributed by atoms with Gasteiger partial charge in [0.25, 0.3) is 0 Å². The zero-order valence-corrected chi connectivity index (χ0v) is 12.3. The van der Waals surface area contributed by atoms with Gasteiger partial charge in [-0.2, -0.15) is 0 Å². The minimum Gasteiger partial charge on any atom is -0.375 e. The van der Waals surface area contributed by atoms with Crippen molar-refractivity contribution in [1.29, 1.82) is 0 Å². The van der Waals surface area contributed by atoms with E-state index < -0.39 is 0 Å². The van der Waals surface area contributed by atoms with Crippen LogP contribution in [0.15, 0.2) is 0 Å². The lowest BCUT2D eigenvalue weighted by atomic mass is 9.82. The van der Waals surface area contributed by atoms with Crippen molar-refractivity contribution in [2.24, 2.45) is 11.7 Å². The lowest BCUT2D eigenvalue weighted by Gasteiger charge is -2.45. The summed E-state index contributed by atoms with van der Waals surface area (Å²) in [4.78, 5) is 2.63. The predicted molar refractivity (Wildman–Crippen MR) is 75.6 cm³/mol. The van der Waals surface area contributed by atoms with Gasteiger partial charge >= 0.3 is 0 Å². The van der Waals surface area contributed by atoms with Gasteiger partial charge in [0.1, 0.15) is 0 Å². The van der Waals surface area contributed by atoms with Crippen LogP contribution in [-0.4, -0.2) is 42.8 Å². The first-order valence-corrected chi connectivity index (χ1v) is 7.69. The topological polar surface area (TPSA) is 38.5 Å². The summed E-state index contributed by atoms with van der Waals surface area (Å²) >= 11 is 0. The number of hydrogen-bond acceptors (Lipinski definition) is 3. The first-order chi connectivity index (χ1) is 8.61. The van der Waals surface area contributed by atoms with Crippen molar-refractivity contribution in [3.8, 4) is 0 Å². The molecule has 2 rings (SSSR count). The molecule has 4 unspecified atom stereocenters. The van der Waals surface area contributed by atoms with E-state index in [9.17, 15) is 0 Å². The normalized spacial score (nSPS) is 42.2. The van der Waals surface area contributed by atoms with E-state index in [0.717, 1.165) is 6.54 Å². The van der Waals surface area contributed by atoms with Gasteiger partial charge in [-0.3, -0.25) is 4.90 Å². The highest BCUT2D eigenvalue weighted by molar-refractivity contribution is 4.88. The standard InChI is InChI=1S/C15H30N2O/c1-11-8-14(9-12(2)18-11)17(3)15-7-5-4-6-13(15)10-16/h11-15H,4-10,16H2,1-3H3. The lowest BCUT2D eigenvalue weighted by Crippen LogP contribution is -2.51. The van der Waals surface area contributed by atoms with Gasteiger partial charge in [-0.1, -0.05) is 12.8 Å². The smallest absolute Gasteiger partial charge is 0.0565 e. The van der Waals surface area contributed by atoms with E-state index in [0.29, 0.717) is 30.2 Å². The Hall–Kier alpha value is -0.120. The average Bonchev–Trinajstić information content (AvgIpc) is 2.36. The van der Waals surface area contributed by atoms with Gasteiger partial charge in [-0.05, 0) is 59.0 Å². The third kappa shape index (κ3) is 3.25. The summed E-state index contributed by atoms with van der Waals surface area (Å²) in [6.45, 7) is 5.26. The average molecular weight is 254 g/mol. The SMILES string of the molecule is CC1CC(N(C)C2CCCCC2CN)CC(C)O1. The van der Waals surface area contributed by atoms with Crippen LogP contribution in [-0.2, 0) is 4.74 Å². The Morgan fingerprint density at radius 1 is 1.11 bits per heavy atom. The predicted octanol–water partition coefficient (Wildman–Crippen LogP) is 2.39. The van der Waals surface area contributed by atoms with Gasteiger partial charge in [-0.15, -0.1) is 0 Å². The quantitative estimate of drug-likeness (QED) is 0.840. The summed E-state index contributed by atoms with van der Waals surface area (Å²) < 4.78 is 5.86. The fraction of sp³-hybridized carbons (Fsp3) is 1.00. The molecule has 2 fully saturated rings. The molecule has 1 saturated heterocycles. The summed E-state index contributed by atoms with van der Waals surface area (Å²) in [7, 11) is 2.31. The van der Waals surface area contributed by atoms with Gasteiger partial charge in [-0.25, -0.2) is 0 Å². The van der Waals surface area contributed by atoms with Crippen molar-refractivity contribution in [3.63, 3.8) is 0 Å². The number of rotatable bonds is 3. The highest BCUT2D eigenvalue weighted by Crippen LogP contribution is 2.32. The molecule has 1 heterocycles. The third-order valence-corrected chi connectivity index (χ3v) is 4.94. The number of ether oxygens (including phenoxy) is 1. The molecule has 0 aromatic carbocycles. The summed E-state index contributed by atoms with van der Waals surface area (Å²) in [5.41, 5.74) is 5.96. The molecule has 18 heavy (non-hydrogen) atoms. The molecule has 0 amide bonds. The van der Waals surface area contributed by atoms with Crippen molar-refractivity contribution in [2.45, 2.75) is 76.7 Å². The van der Waals surface area contributed by atoms with Crippen molar-refractivity contribution < 1.29 is 4.74 Å². The molecule has 4 atom stereocenters. The van der Waals surface area contributed by atoms with Crippen LogP contribution in [0, 0.1) is 5.92 Å². The van der Waals surface area contributed by atoms with Gasteiger partial charge in [0.2, 0.25) is 0 Å². The molecule has 3 heteroatoms.